The van der Waals surface area contributed by atoms with Gasteiger partial charge in [-0.2, -0.15) is 0 Å². The van der Waals surface area contributed by atoms with Crippen LogP contribution in [0.15, 0.2) is 39.3 Å². The van der Waals surface area contributed by atoms with Crippen LogP contribution in [0.3, 0.4) is 0 Å². The molecule has 0 aromatic heterocycles. The molecular weight excluding hydrogens is 604 g/mol. The first-order chi connectivity index (χ1) is 17.6. The number of hydrogen-bond donors (Lipinski definition) is 3. The van der Waals surface area contributed by atoms with Gasteiger partial charge in [-0.15, -0.1) is 0 Å². The highest BCUT2D eigenvalue weighted by Crippen LogP contribution is 2.54. The Labute approximate surface area is 232 Å². The second-order valence-electron chi connectivity index (χ2n) is 8.97. The van der Waals surface area contributed by atoms with E-state index in [4.69, 9.17) is 4.74 Å². The summed E-state index contributed by atoms with van der Waals surface area (Å²) in [5.41, 5.74) is 2.84. The molecule has 0 atom stereocenters. The number of ether oxygens (including phenoxy) is 1. The lowest BCUT2D eigenvalue weighted by atomic mass is 9.74. The molecule has 0 aliphatic carbocycles. The number of fused-ring (bicyclic) bond motifs is 1. The van der Waals surface area contributed by atoms with E-state index in [0.717, 1.165) is 11.1 Å². The van der Waals surface area contributed by atoms with Gasteiger partial charge in [0.1, 0.15) is 11.5 Å². The van der Waals surface area contributed by atoms with Gasteiger partial charge in [-0.25, -0.2) is 9.59 Å². The van der Waals surface area contributed by atoms with Crippen molar-refractivity contribution in [3.05, 3.63) is 89.3 Å². The van der Waals surface area contributed by atoms with Gasteiger partial charge in [0.25, 0.3) is 0 Å². The van der Waals surface area contributed by atoms with Crippen LogP contribution >= 0.6 is 31.9 Å². The van der Waals surface area contributed by atoms with Crippen LogP contribution in [0.2, 0.25) is 0 Å². The van der Waals surface area contributed by atoms with Crippen LogP contribution < -0.4 is 0 Å². The molecule has 0 radical (unpaired) electrons. The van der Waals surface area contributed by atoms with Crippen molar-refractivity contribution in [2.24, 2.45) is 0 Å². The summed E-state index contributed by atoms with van der Waals surface area (Å²) in [5, 5.41) is 31.7. The van der Waals surface area contributed by atoms with Crippen molar-refractivity contribution in [3.8, 4) is 11.5 Å². The van der Waals surface area contributed by atoms with Gasteiger partial charge in [0.2, 0.25) is 0 Å². The van der Waals surface area contributed by atoms with E-state index in [9.17, 15) is 24.9 Å². The van der Waals surface area contributed by atoms with E-state index >= 15 is 0 Å². The van der Waals surface area contributed by atoms with E-state index in [1.165, 1.54) is 6.07 Å². The number of halogens is 2. The maximum Gasteiger partial charge on any atom is 0.341 e. The molecule has 1 aliphatic rings. The Morgan fingerprint density at radius 3 is 1.73 bits per heavy atom. The number of carboxylic acids is 1. The number of phenolic OH excluding ortho intramolecular Hbond substituents is 2. The van der Waals surface area contributed by atoms with E-state index in [-0.39, 0.29) is 22.6 Å². The second kappa shape index (κ2) is 10.1. The molecule has 0 amide bonds. The second-order valence-corrected chi connectivity index (χ2v) is 10.6. The molecule has 37 heavy (non-hydrogen) atoms. The van der Waals surface area contributed by atoms with Crippen LogP contribution in [0.1, 0.15) is 87.4 Å². The lowest BCUT2D eigenvalue weighted by Gasteiger charge is -2.35. The molecule has 6 nitrogen and oxygen atoms in total. The third-order valence-electron chi connectivity index (χ3n) is 7.19. The van der Waals surface area contributed by atoms with Crippen molar-refractivity contribution in [1.29, 1.82) is 0 Å². The molecule has 1 heterocycles. The van der Waals surface area contributed by atoms with Crippen molar-refractivity contribution in [2.75, 3.05) is 0 Å². The van der Waals surface area contributed by atoms with Crippen molar-refractivity contribution < 1.29 is 29.6 Å². The van der Waals surface area contributed by atoms with Crippen molar-refractivity contribution in [2.45, 2.75) is 59.0 Å². The van der Waals surface area contributed by atoms with Crippen LogP contribution in [0.25, 0.3) is 0 Å². The molecule has 194 valence electrons. The van der Waals surface area contributed by atoms with E-state index in [1.54, 1.807) is 12.1 Å². The first-order valence-corrected chi connectivity index (χ1v) is 13.8. The van der Waals surface area contributed by atoms with Gasteiger partial charge in [0.05, 0.1) is 20.1 Å². The Hall–Kier alpha value is -2.84. The van der Waals surface area contributed by atoms with Crippen LogP contribution in [-0.2, 0) is 36.0 Å². The van der Waals surface area contributed by atoms with Crippen LogP contribution in [-0.4, -0.2) is 27.3 Å². The van der Waals surface area contributed by atoms with Crippen molar-refractivity contribution in [3.63, 3.8) is 0 Å². The topological polar surface area (TPSA) is 104 Å². The summed E-state index contributed by atoms with van der Waals surface area (Å²) < 4.78 is 7.37. The molecule has 3 N–H and O–H groups in total. The molecule has 0 saturated carbocycles. The third kappa shape index (κ3) is 3.96. The number of phenols is 2. The predicted molar refractivity (Wildman–Crippen MR) is 148 cm³/mol. The molecule has 3 aromatic rings. The van der Waals surface area contributed by atoms with Gasteiger partial charge in [-0.05, 0) is 98.0 Å². The molecule has 0 saturated heterocycles. The van der Waals surface area contributed by atoms with Gasteiger partial charge < -0.3 is 20.1 Å². The minimum atomic E-state index is -1.51. The van der Waals surface area contributed by atoms with Crippen LogP contribution in [0.5, 0.6) is 11.5 Å². The Kier molecular flexibility index (Phi) is 7.45. The summed E-state index contributed by atoms with van der Waals surface area (Å²) in [4.78, 5) is 25.7. The minimum Gasteiger partial charge on any atom is -0.506 e. The summed E-state index contributed by atoms with van der Waals surface area (Å²) in [6, 6.07) is 8.43. The largest absolute Gasteiger partial charge is 0.506 e. The zero-order valence-electron chi connectivity index (χ0n) is 21.0. The Balaban J connectivity index is 2.30. The number of cyclic esters (lactones) is 1. The fourth-order valence-corrected chi connectivity index (χ4v) is 6.85. The normalized spacial score (nSPS) is 13.9. The number of aryl methyl sites for hydroxylation is 2. The molecule has 0 unspecified atom stereocenters. The monoisotopic (exact) mass is 630 g/mol. The summed E-state index contributed by atoms with van der Waals surface area (Å²) >= 11 is 7.15. The zero-order chi connectivity index (χ0) is 27.2. The van der Waals surface area contributed by atoms with E-state index in [0.29, 0.717) is 62.4 Å². The molecule has 0 fully saturated rings. The lowest BCUT2D eigenvalue weighted by molar-refractivity contribution is 0.0243. The van der Waals surface area contributed by atoms with Crippen LogP contribution in [0.4, 0.5) is 0 Å². The standard InChI is InChI=1S/C29H28Br2O6/c1-5-14-12-20(16(7-3)23(30)25(14)32)29(21-13-15(6-2)26(33)24(31)17(21)8-4)19-11-9-10-18(27(34)35)22(19)28(36)37-29/h9-13,32-33H,5-8H2,1-4H3,(H,34,35). The Morgan fingerprint density at radius 2 is 1.32 bits per heavy atom. The molecule has 0 bridgehead atoms. The summed E-state index contributed by atoms with van der Waals surface area (Å²) in [6.07, 6.45) is 2.05. The molecular formula is C29H28Br2O6. The maximum atomic E-state index is 13.6. The summed E-state index contributed by atoms with van der Waals surface area (Å²) in [7, 11) is 0. The smallest absolute Gasteiger partial charge is 0.341 e. The number of benzene rings is 3. The number of aromatic hydroxyl groups is 2. The number of esters is 1. The molecule has 4 rings (SSSR count). The highest BCUT2D eigenvalue weighted by atomic mass is 79.9. The minimum absolute atomic E-state index is 0.00333. The molecule has 1 aliphatic heterocycles. The predicted octanol–water partition coefficient (Wildman–Crippen LogP) is 7.03. The first-order valence-electron chi connectivity index (χ1n) is 12.3. The average molecular weight is 632 g/mol. The van der Waals surface area contributed by atoms with E-state index in [1.807, 2.05) is 39.8 Å². The highest BCUT2D eigenvalue weighted by Gasteiger charge is 2.52. The number of aromatic carboxylic acids is 1. The fraction of sp³-hybridized carbons (Fsp3) is 0.310. The number of hydrogen-bond acceptors (Lipinski definition) is 5. The van der Waals surface area contributed by atoms with Gasteiger partial charge in [-0.3, -0.25) is 0 Å². The summed E-state index contributed by atoms with van der Waals surface area (Å²) in [6.45, 7) is 7.73. The molecule has 8 heteroatoms. The summed E-state index contributed by atoms with van der Waals surface area (Å²) in [5.74, 6) is -1.71. The average Bonchev–Trinajstić information content (AvgIpc) is 3.19. The maximum absolute atomic E-state index is 13.6. The number of rotatable bonds is 7. The van der Waals surface area contributed by atoms with Gasteiger partial charge in [-0.1, -0.05) is 39.8 Å². The highest BCUT2D eigenvalue weighted by molar-refractivity contribution is 9.11. The van der Waals surface area contributed by atoms with Gasteiger partial charge in [0.15, 0.2) is 5.60 Å². The van der Waals surface area contributed by atoms with E-state index < -0.39 is 17.5 Å². The van der Waals surface area contributed by atoms with Crippen molar-refractivity contribution >= 4 is 43.8 Å². The van der Waals surface area contributed by atoms with Crippen LogP contribution in [0, 0.1) is 0 Å². The quantitative estimate of drug-likeness (QED) is 0.242. The Bertz CT molecular complexity index is 1380. The number of carbonyl (C=O) groups is 2. The van der Waals surface area contributed by atoms with E-state index in [2.05, 4.69) is 31.9 Å². The van der Waals surface area contributed by atoms with Gasteiger partial charge in [0, 0.05) is 16.7 Å². The third-order valence-corrected chi connectivity index (χ3v) is 8.90. The first kappa shape index (κ1) is 27.2. The van der Waals surface area contributed by atoms with Crippen molar-refractivity contribution in [1.82, 2.24) is 0 Å². The molecule has 0 spiro atoms. The van der Waals surface area contributed by atoms with Gasteiger partial charge >= 0.3 is 11.9 Å². The lowest BCUT2D eigenvalue weighted by Crippen LogP contribution is -2.33. The Morgan fingerprint density at radius 1 is 0.838 bits per heavy atom. The molecule has 3 aromatic carbocycles. The fourth-order valence-electron chi connectivity index (χ4n) is 5.36. The zero-order valence-corrected chi connectivity index (χ0v) is 24.2. The SMILES string of the molecule is CCc1cc(C2(c3cc(CC)c(O)c(Br)c3CC)OC(=O)c3c(C(=O)O)cccc32)c(CC)c(Br)c1O. The number of carboxylic acid groups (broad SMARTS) is 1. The number of carbonyl (C=O) groups excluding carboxylic acids is 1.